The van der Waals surface area contributed by atoms with Gasteiger partial charge < -0.3 is 10.1 Å². The smallest absolute Gasteiger partial charge is 0.431 e. The summed E-state index contributed by atoms with van der Waals surface area (Å²) in [7, 11) is 0. The van der Waals surface area contributed by atoms with Crippen molar-refractivity contribution in [2.75, 3.05) is 5.32 Å². The normalized spacial score (nSPS) is 16.0. The first kappa shape index (κ1) is 21.8. The molecule has 0 fully saturated rings. The minimum Gasteiger partial charge on any atom is -0.435 e. The van der Waals surface area contributed by atoms with E-state index in [1.807, 2.05) is 0 Å². The Bertz CT molecular complexity index is 1170. The van der Waals surface area contributed by atoms with Gasteiger partial charge in [-0.1, -0.05) is 23.7 Å². The number of Topliss-reactive ketones (excluding diaryl/α,β-unsaturated/α-hetero) is 1. The van der Waals surface area contributed by atoms with Crippen LogP contribution in [0.3, 0.4) is 0 Å². The molecule has 1 N–H and O–H groups in total. The number of benzene rings is 2. The second kappa shape index (κ2) is 8.23. The van der Waals surface area contributed by atoms with Crippen molar-refractivity contribution in [2.45, 2.75) is 18.8 Å². The summed E-state index contributed by atoms with van der Waals surface area (Å²) in [4.78, 5) is 17.1. The molecule has 4 rings (SSSR count). The Morgan fingerprint density at radius 2 is 1.75 bits per heavy atom. The van der Waals surface area contributed by atoms with Crippen LogP contribution in [0.2, 0.25) is 5.02 Å². The molecule has 0 radical (unpaired) electrons. The number of rotatable bonds is 5. The van der Waals surface area contributed by atoms with Crippen molar-refractivity contribution in [2.24, 2.45) is 0 Å². The minimum atomic E-state index is -4.93. The minimum absolute atomic E-state index is 0.160. The Hall–Kier alpha value is -3.47. The standard InChI is InChI=1S/C20H12ClF5N4O2/c21-12-5-1-10(2-6-12)15-14(16(31)11-3-7-13(8-4-11)32-18(22)23)17(20(24,25)26)29-19-27-9-28-30(15)19/h1-9,15,18H,(H,27,28,29)/t15-/m0/s1. The second-order valence-electron chi connectivity index (χ2n) is 6.63. The largest absolute Gasteiger partial charge is 0.435 e. The van der Waals surface area contributed by atoms with Gasteiger partial charge in [0, 0.05) is 10.6 Å². The molecule has 0 bridgehead atoms. The zero-order valence-electron chi connectivity index (χ0n) is 15.8. The predicted octanol–water partition coefficient (Wildman–Crippen LogP) is 5.25. The third kappa shape index (κ3) is 4.15. The number of halogens is 6. The van der Waals surface area contributed by atoms with Crippen LogP contribution < -0.4 is 10.1 Å². The van der Waals surface area contributed by atoms with Crippen LogP contribution in [-0.2, 0) is 0 Å². The highest BCUT2D eigenvalue weighted by Crippen LogP contribution is 2.42. The van der Waals surface area contributed by atoms with Crippen LogP contribution in [0.1, 0.15) is 22.0 Å². The van der Waals surface area contributed by atoms with Gasteiger partial charge in [0.05, 0.1) is 5.57 Å². The molecule has 0 spiro atoms. The van der Waals surface area contributed by atoms with Gasteiger partial charge in [0.1, 0.15) is 23.8 Å². The van der Waals surface area contributed by atoms with Gasteiger partial charge in [0.15, 0.2) is 5.78 Å². The van der Waals surface area contributed by atoms with Gasteiger partial charge in [-0.3, -0.25) is 4.79 Å². The molecule has 1 aromatic heterocycles. The third-order valence-corrected chi connectivity index (χ3v) is 4.90. The fourth-order valence-corrected chi connectivity index (χ4v) is 3.45. The molecule has 0 aliphatic carbocycles. The molecule has 6 nitrogen and oxygen atoms in total. The number of carbonyl (C=O) groups is 1. The predicted molar refractivity (Wildman–Crippen MR) is 104 cm³/mol. The molecule has 0 amide bonds. The monoisotopic (exact) mass is 470 g/mol. The Balaban J connectivity index is 1.86. The average Bonchev–Trinajstić information content (AvgIpc) is 3.21. The van der Waals surface area contributed by atoms with Gasteiger partial charge in [0.25, 0.3) is 0 Å². The number of hydrogen-bond donors (Lipinski definition) is 1. The van der Waals surface area contributed by atoms with Crippen LogP contribution >= 0.6 is 11.6 Å². The number of hydrogen-bond acceptors (Lipinski definition) is 5. The van der Waals surface area contributed by atoms with Crippen molar-refractivity contribution in [1.29, 1.82) is 0 Å². The Kier molecular flexibility index (Phi) is 5.59. The summed E-state index contributed by atoms with van der Waals surface area (Å²) in [6.45, 7) is -3.08. The summed E-state index contributed by atoms with van der Waals surface area (Å²) in [6.07, 6.45) is -3.87. The van der Waals surface area contributed by atoms with E-state index in [9.17, 15) is 26.7 Å². The zero-order valence-corrected chi connectivity index (χ0v) is 16.5. The molecule has 2 aromatic carbocycles. The molecular formula is C20H12ClF5N4O2. The molecule has 1 aliphatic heterocycles. The van der Waals surface area contributed by atoms with E-state index >= 15 is 0 Å². The number of alkyl halides is 5. The van der Waals surface area contributed by atoms with E-state index in [2.05, 4.69) is 20.1 Å². The molecule has 1 atom stereocenters. The molecule has 166 valence electrons. The highest BCUT2D eigenvalue weighted by atomic mass is 35.5. The van der Waals surface area contributed by atoms with Crippen molar-refractivity contribution < 1.29 is 31.5 Å². The number of nitrogens with zero attached hydrogens (tertiary/aromatic N) is 3. The highest BCUT2D eigenvalue weighted by Gasteiger charge is 2.45. The summed E-state index contributed by atoms with van der Waals surface area (Å²) in [5.41, 5.74) is -1.78. The number of anilines is 1. The lowest BCUT2D eigenvalue weighted by Crippen LogP contribution is -2.35. The first-order valence-corrected chi connectivity index (χ1v) is 9.36. The van der Waals surface area contributed by atoms with Gasteiger partial charge in [-0.05, 0) is 42.0 Å². The number of carbonyl (C=O) groups excluding carboxylic acids is 1. The first-order chi connectivity index (χ1) is 15.1. The van der Waals surface area contributed by atoms with Gasteiger partial charge in [-0.25, -0.2) is 4.68 Å². The van der Waals surface area contributed by atoms with Crippen molar-refractivity contribution >= 4 is 23.3 Å². The lowest BCUT2D eigenvalue weighted by atomic mass is 9.89. The third-order valence-electron chi connectivity index (χ3n) is 4.65. The zero-order chi connectivity index (χ0) is 23.0. The average molecular weight is 471 g/mol. The van der Waals surface area contributed by atoms with Crippen LogP contribution in [0.15, 0.2) is 66.1 Å². The maximum atomic E-state index is 14.0. The van der Waals surface area contributed by atoms with Gasteiger partial charge in [-0.2, -0.15) is 32.0 Å². The van der Waals surface area contributed by atoms with Crippen LogP contribution in [0.4, 0.5) is 27.9 Å². The summed E-state index contributed by atoms with van der Waals surface area (Å²) in [5.74, 6) is -1.42. The molecule has 0 saturated carbocycles. The molecule has 1 aliphatic rings. The van der Waals surface area contributed by atoms with E-state index in [1.165, 1.54) is 24.3 Å². The Morgan fingerprint density at radius 3 is 2.34 bits per heavy atom. The quantitative estimate of drug-likeness (QED) is 0.407. The summed E-state index contributed by atoms with van der Waals surface area (Å²) >= 11 is 5.91. The molecular weight excluding hydrogens is 459 g/mol. The van der Waals surface area contributed by atoms with Crippen LogP contribution in [0.5, 0.6) is 5.75 Å². The van der Waals surface area contributed by atoms with Gasteiger partial charge in [0.2, 0.25) is 5.95 Å². The Labute approximate surface area is 182 Å². The van der Waals surface area contributed by atoms with Crippen LogP contribution in [-0.4, -0.2) is 33.3 Å². The van der Waals surface area contributed by atoms with E-state index in [4.69, 9.17) is 11.6 Å². The Morgan fingerprint density at radius 1 is 1.09 bits per heavy atom. The fraction of sp³-hybridized carbons (Fsp3) is 0.150. The molecule has 12 heteroatoms. The van der Waals surface area contributed by atoms with Gasteiger partial charge >= 0.3 is 12.8 Å². The number of aromatic nitrogens is 3. The molecule has 32 heavy (non-hydrogen) atoms. The summed E-state index contributed by atoms with van der Waals surface area (Å²) < 4.78 is 72.0. The molecule has 3 aromatic rings. The lowest BCUT2D eigenvalue weighted by molar-refractivity contribution is -0.0918. The van der Waals surface area contributed by atoms with E-state index in [-0.39, 0.29) is 17.3 Å². The van der Waals surface area contributed by atoms with Crippen molar-refractivity contribution in [3.05, 3.63) is 82.3 Å². The lowest BCUT2D eigenvalue weighted by Gasteiger charge is -2.30. The SMILES string of the molecule is O=C(C1=C(C(F)(F)F)Nc2ncnn2[C@H]1c1ccc(Cl)cc1)c1ccc(OC(F)F)cc1. The molecule has 0 saturated heterocycles. The highest BCUT2D eigenvalue weighted by molar-refractivity contribution is 6.30. The van der Waals surface area contributed by atoms with Gasteiger partial charge in [-0.15, -0.1) is 0 Å². The van der Waals surface area contributed by atoms with Crippen molar-refractivity contribution in [3.63, 3.8) is 0 Å². The number of allylic oxidation sites excluding steroid dienone is 2. The number of ketones is 1. The summed E-state index contributed by atoms with van der Waals surface area (Å²) in [6, 6.07) is 8.99. The van der Waals surface area contributed by atoms with Crippen molar-refractivity contribution in [1.82, 2.24) is 14.8 Å². The van der Waals surface area contributed by atoms with Crippen molar-refractivity contribution in [3.8, 4) is 5.75 Å². The van der Waals surface area contributed by atoms with E-state index < -0.39 is 35.9 Å². The van der Waals surface area contributed by atoms with E-state index in [0.717, 1.165) is 35.3 Å². The maximum Gasteiger partial charge on any atom is 0.431 e. The maximum absolute atomic E-state index is 14.0. The number of fused-ring (bicyclic) bond motifs is 1. The topological polar surface area (TPSA) is 69.0 Å². The van der Waals surface area contributed by atoms with E-state index in [0.29, 0.717) is 10.6 Å². The number of ether oxygens (including phenoxy) is 1. The van der Waals surface area contributed by atoms with Crippen LogP contribution in [0, 0.1) is 0 Å². The first-order valence-electron chi connectivity index (χ1n) is 8.98. The second-order valence-corrected chi connectivity index (χ2v) is 7.06. The number of nitrogens with one attached hydrogen (secondary N) is 1. The van der Waals surface area contributed by atoms with E-state index in [1.54, 1.807) is 0 Å². The molecule has 0 unspecified atom stereocenters. The summed E-state index contributed by atoms with van der Waals surface area (Å²) in [5, 5.41) is 6.47. The molecule has 2 heterocycles. The van der Waals surface area contributed by atoms with Crippen LogP contribution in [0.25, 0.3) is 0 Å². The fourth-order valence-electron chi connectivity index (χ4n) is 3.32.